The monoisotopic (exact) mass is 385 g/mol. The molecular weight excluding hydrogens is 363 g/mol. The second-order valence-corrected chi connectivity index (χ2v) is 6.10. The normalized spacial score (nSPS) is 17.2. The van der Waals surface area contributed by atoms with Gasteiger partial charge in [-0.2, -0.15) is 13.2 Å². The molecule has 0 aromatic heterocycles. The number of piperidine rings is 1. The Bertz CT molecular complexity index is 693. The molecule has 1 aromatic rings. The number of ether oxygens (including phenoxy) is 2. The largest absolute Gasteiger partial charge is 0.463 e. The lowest BCUT2D eigenvalue weighted by Gasteiger charge is -2.39. The highest BCUT2D eigenvalue weighted by Crippen LogP contribution is 2.43. The van der Waals surface area contributed by atoms with Crippen LogP contribution in [0.25, 0.3) is 0 Å². The van der Waals surface area contributed by atoms with Crippen LogP contribution in [0.4, 0.5) is 13.2 Å². The van der Waals surface area contributed by atoms with Crippen LogP contribution in [0.1, 0.15) is 25.3 Å². The van der Waals surface area contributed by atoms with Crippen molar-refractivity contribution in [1.82, 2.24) is 4.90 Å². The van der Waals surface area contributed by atoms with Gasteiger partial charge in [0.15, 0.2) is 0 Å². The number of alkyl halides is 3. The highest BCUT2D eigenvalue weighted by molar-refractivity contribution is 5.88. The van der Waals surface area contributed by atoms with E-state index >= 15 is 0 Å². The summed E-state index contributed by atoms with van der Waals surface area (Å²) in [5.41, 5.74) is -2.58. The van der Waals surface area contributed by atoms with Gasteiger partial charge in [-0.15, -0.1) is 0 Å². The molecule has 1 heterocycles. The van der Waals surface area contributed by atoms with Crippen molar-refractivity contribution in [3.05, 3.63) is 47.5 Å². The van der Waals surface area contributed by atoms with E-state index in [-0.39, 0.29) is 25.3 Å². The standard InChI is InChI=1S/C19H22F3NO4/c1-3-27-16(24)13-14-9-11-23(12-10-14)17(25)18(26-2,19(20,21)22)15-7-5-4-6-8-15/h4-8,13H,3,9-12H2,1-2H3/t18-/m1/s1. The van der Waals surface area contributed by atoms with E-state index < -0.39 is 23.7 Å². The topological polar surface area (TPSA) is 55.8 Å². The van der Waals surface area contributed by atoms with E-state index in [1.54, 1.807) is 13.0 Å². The zero-order valence-electron chi connectivity index (χ0n) is 15.2. The van der Waals surface area contributed by atoms with Gasteiger partial charge in [-0.3, -0.25) is 4.79 Å². The van der Waals surface area contributed by atoms with Crippen LogP contribution in [0, 0.1) is 0 Å². The van der Waals surface area contributed by atoms with Gasteiger partial charge in [0.2, 0.25) is 0 Å². The summed E-state index contributed by atoms with van der Waals surface area (Å²) < 4.78 is 51.5. The third kappa shape index (κ3) is 4.32. The van der Waals surface area contributed by atoms with Crippen molar-refractivity contribution in [1.29, 1.82) is 0 Å². The van der Waals surface area contributed by atoms with Gasteiger partial charge in [0.1, 0.15) is 0 Å². The van der Waals surface area contributed by atoms with E-state index in [0.29, 0.717) is 12.8 Å². The summed E-state index contributed by atoms with van der Waals surface area (Å²) in [6.45, 7) is 2.06. The maximum Gasteiger partial charge on any atom is 0.430 e. The Balaban J connectivity index is 2.25. The first-order valence-electron chi connectivity index (χ1n) is 8.59. The fourth-order valence-corrected chi connectivity index (χ4v) is 3.12. The van der Waals surface area contributed by atoms with Crippen LogP contribution < -0.4 is 0 Å². The molecule has 0 spiro atoms. The molecule has 0 radical (unpaired) electrons. The average molecular weight is 385 g/mol. The van der Waals surface area contributed by atoms with E-state index in [4.69, 9.17) is 9.47 Å². The summed E-state index contributed by atoms with van der Waals surface area (Å²) >= 11 is 0. The van der Waals surface area contributed by atoms with E-state index in [1.165, 1.54) is 30.3 Å². The Morgan fingerprint density at radius 3 is 2.22 bits per heavy atom. The zero-order chi connectivity index (χ0) is 20.1. The molecule has 0 N–H and O–H groups in total. The molecule has 0 bridgehead atoms. The van der Waals surface area contributed by atoms with Crippen molar-refractivity contribution in [3.8, 4) is 0 Å². The van der Waals surface area contributed by atoms with Crippen LogP contribution >= 0.6 is 0 Å². The number of nitrogens with zero attached hydrogens (tertiary/aromatic N) is 1. The van der Waals surface area contributed by atoms with Gasteiger partial charge in [-0.1, -0.05) is 35.9 Å². The number of amides is 1. The zero-order valence-corrected chi connectivity index (χ0v) is 15.2. The number of carbonyl (C=O) groups excluding carboxylic acids is 2. The fraction of sp³-hybridized carbons (Fsp3) is 0.474. The first kappa shape index (κ1) is 21.0. The van der Waals surface area contributed by atoms with Gasteiger partial charge < -0.3 is 14.4 Å². The molecular formula is C19H22F3NO4. The van der Waals surface area contributed by atoms with E-state index in [2.05, 4.69) is 0 Å². The van der Waals surface area contributed by atoms with Gasteiger partial charge in [-0.05, 0) is 19.8 Å². The van der Waals surface area contributed by atoms with Crippen LogP contribution in [0.3, 0.4) is 0 Å². The van der Waals surface area contributed by atoms with Gasteiger partial charge in [0.05, 0.1) is 6.61 Å². The molecule has 27 heavy (non-hydrogen) atoms. The number of likely N-dealkylation sites (tertiary alicyclic amines) is 1. The number of benzene rings is 1. The fourth-order valence-electron chi connectivity index (χ4n) is 3.12. The van der Waals surface area contributed by atoms with Crippen LogP contribution in [0.5, 0.6) is 0 Å². The summed E-state index contributed by atoms with van der Waals surface area (Å²) in [7, 11) is 0.883. The van der Waals surface area contributed by atoms with Crippen LogP contribution in [0.15, 0.2) is 42.0 Å². The summed E-state index contributed by atoms with van der Waals surface area (Å²) in [6, 6.07) is 6.88. The van der Waals surface area contributed by atoms with Gasteiger partial charge in [-0.25, -0.2) is 4.79 Å². The molecule has 0 unspecified atom stereocenters. The predicted octanol–water partition coefficient (Wildman–Crippen LogP) is 3.20. The molecule has 0 aliphatic carbocycles. The van der Waals surface area contributed by atoms with Crippen molar-refractivity contribution in [2.75, 3.05) is 26.8 Å². The number of hydrogen-bond acceptors (Lipinski definition) is 4. The quantitative estimate of drug-likeness (QED) is 0.577. The smallest absolute Gasteiger partial charge is 0.430 e. The third-order valence-electron chi connectivity index (χ3n) is 4.49. The minimum Gasteiger partial charge on any atom is -0.463 e. The van der Waals surface area contributed by atoms with Gasteiger partial charge in [0.25, 0.3) is 11.5 Å². The Morgan fingerprint density at radius 1 is 1.15 bits per heavy atom. The molecule has 148 valence electrons. The maximum absolute atomic E-state index is 14.0. The molecule has 1 atom stereocenters. The van der Waals surface area contributed by atoms with E-state index in [9.17, 15) is 22.8 Å². The number of rotatable bonds is 5. The lowest BCUT2D eigenvalue weighted by Crippen LogP contribution is -2.57. The van der Waals surface area contributed by atoms with Gasteiger partial charge in [0, 0.05) is 31.8 Å². The number of esters is 1. The second kappa shape index (κ2) is 8.56. The molecule has 2 rings (SSSR count). The number of hydrogen-bond donors (Lipinski definition) is 0. The maximum atomic E-state index is 14.0. The first-order valence-corrected chi connectivity index (χ1v) is 8.59. The third-order valence-corrected chi connectivity index (χ3v) is 4.49. The van der Waals surface area contributed by atoms with Crippen molar-refractivity contribution in [2.24, 2.45) is 0 Å². The average Bonchev–Trinajstić information content (AvgIpc) is 2.63. The van der Waals surface area contributed by atoms with E-state index in [0.717, 1.165) is 17.6 Å². The molecule has 0 saturated carbocycles. The van der Waals surface area contributed by atoms with Crippen LogP contribution in [0.2, 0.25) is 0 Å². The highest BCUT2D eigenvalue weighted by atomic mass is 19.4. The van der Waals surface area contributed by atoms with Crippen LogP contribution in [-0.2, 0) is 24.7 Å². The minimum absolute atomic E-state index is 0.0676. The Hall–Kier alpha value is -2.35. The predicted molar refractivity (Wildman–Crippen MR) is 91.7 cm³/mol. The van der Waals surface area contributed by atoms with Crippen molar-refractivity contribution >= 4 is 11.9 Å². The molecule has 5 nitrogen and oxygen atoms in total. The van der Waals surface area contributed by atoms with Crippen LogP contribution in [-0.4, -0.2) is 49.8 Å². The lowest BCUT2D eigenvalue weighted by atomic mass is 9.89. The van der Waals surface area contributed by atoms with Crippen molar-refractivity contribution in [2.45, 2.75) is 31.5 Å². The number of methoxy groups -OCH3 is 1. The molecule has 1 aliphatic heterocycles. The molecule has 8 heteroatoms. The second-order valence-electron chi connectivity index (χ2n) is 6.10. The number of carbonyl (C=O) groups is 2. The summed E-state index contributed by atoms with van der Waals surface area (Å²) in [5, 5.41) is 0. The molecule has 1 fully saturated rings. The summed E-state index contributed by atoms with van der Waals surface area (Å²) in [6.07, 6.45) is -2.98. The Morgan fingerprint density at radius 2 is 1.74 bits per heavy atom. The Labute approximate surface area is 155 Å². The van der Waals surface area contributed by atoms with Gasteiger partial charge >= 0.3 is 12.1 Å². The highest BCUT2D eigenvalue weighted by Gasteiger charge is 2.63. The molecule has 1 aliphatic rings. The molecule has 1 amide bonds. The van der Waals surface area contributed by atoms with E-state index in [1.807, 2.05) is 0 Å². The molecule has 1 aromatic carbocycles. The SMILES string of the molecule is CCOC(=O)C=C1CCN(C(=O)[C@](OC)(c2ccccc2)C(F)(F)F)CC1. The van der Waals surface area contributed by atoms with Crippen molar-refractivity contribution in [3.63, 3.8) is 0 Å². The van der Waals surface area contributed by atoms with Crippen molar-refractivity contribution < 1.29 is 32.2 Å². The summed E-state index contributed by atoms with van der Waals surface area (Å²) in [5.74, 6) is -1.64. The first-order chi connectivity index (χ1) is 12.8. The lowest BCUT2D eigenvalue weighted by molar-refractivity contribution is -0.270. The minimum atomic E-state index is -4.93. The number of halogens is 3. The Kier molecular flexibility index (Phi) is 6.64. The summed E-state index contributed by atoms with van der Waals surface area (Å²) in [4.78, 5) is 25.5. The molecule has 1 saturated heterocycles.